The number of nitrogens with two attached hydrogens (primary N) is 1. The van der Waals surface area contributed by atoms with Crippen molar-refractivity contribution in [3.63, 3.8) is 0 Å². The number of benzene rings is 1. The van der Waals surface area contributed by atoms with Crippen molar-refractivity contribution < 1.29 is 14.7 Å². The molecule has 1 atom stereocenters. The Labute approximate surface area is 112 Å². The summed E-state index contributed by atoms with van der Waals surface area (Å²) in [5.41, 5.74) is 7.12. The zero-order valence-corrected chi connectivity index (χ0v) is 10.9. The van der Waals surface area contributed by atoms with E-state index < -0.39 is 17.9 Å². The number of hydrogen-bond acceptors (Lipinski definition) is 3. The summed E-state index contributed by atoms with van der Waals surface area (Å²) in [5.74, 6) is -1.37. The van der Waals surface area contributed by atoms with Gasteiger partial charge in [-0.25, -0.2) is 4.79 Å². The average Bonchev–Trinajstić information content (AvgIpc) is 2.38. The van der Waals surface area contributed by atoms with Crippen LogP contribution in [0.2, 0.25) is 0 Å². The molecule has 0 aromatic heterocycles. The molecule has 0 spiro atoms. The minimum Gasteiger partial charge on any atom is -0.478 e. The van der Waals surface area contributed by atoms with E-state index >= 15 is 0 Å². The summed E-state index contributed by atoms with van der Waals surface area (Å²) < 4.78 is 0. The van der Waals surface area contributed by atoms with E-state index in [-0.39, 0.29) is 5.56 Å². The molecule has 1 aliphatic rings. The lowest BCUT2D eigenvalue weighted by molar-refractivity contribution is -0.119. The molecule has 0 aliphatic carbocycles. The minimum absolute atomic E-state index is 0.230. The number of rotatable bonds is 3. The molecule has 102 valence electrons. The maximum Gasteiger partial charge on any atom is 0.337 e. The Balaban J connectivity index is 2.44. The van der Waals surface area contributed by atoms with Gasteiger partial charge in [0.15, 0.2) is 0 Å². The van der Waals surface area contributed by atoms with Crippen LogP contribution in [0.25, 0.3) is 0 Å². The average molecular weight is 262 g/mol. The zero-order chi connectivity index (χ0) is 14.0. The van der Waals surface area contributed by atoms with Gasteiger partial charge in [0.25, 0.3) is 0 Å². The predicted octanol–water partition coefficient (Wildman–Crippen LogP) is 1.54. The number of carboxylic acid groups (broad SMARTS) is 1. The largest absolute Gasteiger partial charge is 0.478 e. The Morgan fingerprint density at radius 3 is 2.74 bits per heavy atom. The van der Waals surface area contributed by atoms with Crippen molar-refractivity contribution in [2.45, 2.75) is 32.2 Å². The summed E-state index contributed by atoms with van der Waals surface area (Å²) in [6.45, 7) is 2.51. The summed E-state index contributed by atoms with van der Waals surface area (Å²) in [6, 6.07) is 4.84. The summed E-state index contributed by atoms with van der Waals surface area (Å²) in [5, 5.41) is 9.30. The molecule has 1 heterocycles. The lowest BCUT2D eigenvalue weighted by Gasteiger charge is -2.36. The SMILES string of the molecule is Cc1ccc(N2CCCCC2C(N)=O)c(C(=O)O)c1. The first kappa shape index (κ1) is 13.4. The van der Waals surface area contributed by atoms with Crippen molar-refractivity contribution in [1.82, 2.24) is 0 Å². The van der Waals surface area contributed by atoms with Crippen LogP contribution in [0.1, 0.15) is 35.2 Å². The van der Waals surface area contributed by atoms with Crippen LogP contribution in [0.3, 0.4) is 0 Å². The normalized spacial score (nSPS) is 19.2. The fourth-order valence-corrected chi connectivity index (χ4v) is 2.59. The quantitative estimate of drug-likeness (QED) is 0.865. The fourth-order valence-electron chi connectivity index (χ4n) is 2.59. The standard InChI is InChI=1S/C14H18N2O3/c1-9-5-6-11(10(8-9)14(18)19)16-7-3-2-4-12(16)13(15)17/h5-6,8,12H,2-4,7H2,1H3,(H2,15,17)(H,18,19). The molecule has 5 heteroatoms. The van der Waals surface area contributed by atoms with Gasteiger partial charge in [0.2, 0.25) is 5.91 Å². The molecule has 3 N–H and O–H groups in total. The van der Waals surface area contributed by atoms with E-state index in [1.165, 1.54) is 0 Å². The van der Waals surface area contributed by atoms with Crippen LogP contribution in [0.5, 0.6) is 0 Å². The third-order valence-electron chi connectivity index (χ3n) is 3.52. The first-order chi connectivity index (χ1) is 9.00. The number of nitrogens with zero attached hydrogens (tertiary/aromatic N) is 1. The van der Waals surface area contributed by atoms with Crippen molar-refractivity contribution in [3.8, 4) is 0 Å². The van der Waals surface area contributed by atoms with Crippen molar-refractivity contribution in [1.29, 1.82) is 0 Å². The molecule has 1 fully saturated rings. The number of carbonyl (C=O) groups excluding carboxylic acids is 1. The lowest BCUT2D eigenvalue weighted by Crippen LogP contribution is -2.48. The smallest absolute Gasteiger partial charge is 0.337 e. The third-order valence-corrected chi connectivity index (χ3v) is 3.52. The van der Waals surface area contributed by atoms with Gasteiger partial charge >= 0.3 is 5.97 Å². The Morgan fingerprint density at radius 1 is 1.37 bits per heavy atom. The fraction of sp³-hybridized carbons (Fsp3) is 0.429. The van der Waals surface area contributed by atoms with Crippen molar-refractivity contribution in [3.05, 3.63) is 29.3 Å². The number of anilines is 1. The molecular weight excluding hydrogens is 244 g/mol. The molecule has 1 aliphatic heterocycles. The summed E-state index contributed by atoms with van der Waals surface area (Å²) >= 11 is 0. The number of aromatic carboxylic acids is 1. The lowest BCUT2D eigenvalue weighted by atomic mass is 9.98. The molecule has 1 aromatic carbocycles. The first-order valence-electron chi connectivity index (χ1n) is 6.40. The molecular formula is C14H18N2O3. The molecule has 1 unspecified atom stereocenters. The number of amides is 1. The molecule has 2 rings (SSSR count). The number of hydrogen-bond donors (Lipinski definition) is 2. The van der Waals surface area contributed by atoms with E-state index in [0.717, 1.165) is 18.4 Å². The van der Waals surface area contributed by atoms with Crippen LogP contribution < -0.4 is 10.6 Å². The summed E-state index contributed by atoms with van der Waals surface area (Å²) in [7, 11) is 0. The van der Waals surface area contributed by atoms with E-state index in [1.807, 2.05) is 17.9 Å². The monoisotopic (exact) mass is 262 g/mol. The van der Waals surface area contributed by atoms with Gasteiger partial charge in [-0.05, 0) is 38.3 Å². The second kappa shape index (κ2) is 5.30. The maximum atomic E-state index is 11.5. The molecule has 1 aromatic rings. The number of carboxylic acids is 1. The van der Waals surface area contributed by atoms with Crippen molar-refractivity contribution in [2.24, 2.45) is 5.73 Å². The molecule has 5 nitrogen and oxygen atoms in total. The highest BCUT2D eigenvalue weighted by atomic mass is 16.4. The second-order valence-electron chi connectivity index (χ2n) is 4.93. The zero-order valence-electron chi connectivity index (χ0n) is 10.9. The van der Waals surface area contributed by atoms with E-state index in [4.69, 9.17) is 5.73 Å². The third kappa shape index (κ3) is 2.70. The Bertz CT molecular complexity index is 513. The Morgan fingerprint density at radius 2 is 2.11 bits per heavy atom. The van der Waals surface area contributed by atoms with E-state index in [9.17, 15) is 14.7 Å². The van der Waals surface area contributed by atoms with Gasteiger partial charge in [-0.15, -0.1) is 0 Å². The highest BCUT2D eigenvalue weighted by Crippen LogP contribution is 2.28. The Hall–Kier alpha value is -2.04. The van der Waals surface area contributed by atoms with Crippen LogP contribution in [0.4, 0.5) is 5.69 Å². The highest BCUT2D eigenvalue weighted by molar-refractivity contribution is 5.96. The van der Waals surface area contributed by atoms with Crippen LogP contribution in [-0.4, -0.2) is 29.6 Å². The van der Waals surface area contributed by atoms with Crippen LogP contribution >= 0.6 is 0 Å². The highest BCUT2D eigenvalue weighted by Gasteiger charge is 2.29. The van der Waals surface area contributed by atoms with Gasteiger partial charge in [-0.3, -0.25) is 4.79 Å². The molecule has 0 saturated carbocycles. The molecule has 19 heavy (non-hydrogen) atoms. The van der Waals surface area contributed by atoms with Crippen molar-refractivity contribution >= 4 is 17.6 Å². The number of primary amides is 1. The maximum absolute atomic E-state index is 11.5. The van der Waals surface area contributed by atoms with Gasteiger partial charge < -0.3 is 15.7 Å². The van der Waals surface area contributed by atoms with E-state index in [1.54, 1.807) is 12.1 Å². The van der Waals surface area contributed by atoms with Crippen molar-refractivity contribution in [2.75, 3.05) is 11.4 Å². The number of aryl methyl sites for hydroxylation is 1. The predicted molar refractivity (Wildman–Crippen MR) is 72.3 cm³/mol. The molecule has 1 saturated heterocycles. The number of carbonyl (C=O) groups is 2. The van der Waals surface area contributed by atoms with Gasteiger partial charge in [0, 0.05) is 6.54 Å². The molecule has 1 amide bonds. The van der Waals surface area contributed by atoms with Gasteiger partial charge in [0.1, 0.15) is 6.04 Å². The van der Waals surface area contributed by atoms with Crippen LogP contribution in [0, 0.1) is 6.92 Å². The number of piperidine rings is 1. The molecule has 0 radical (unpaired) electrons. The van der Waals surface area contributed by atoms with Crippen LogP contribution in [-0.2, 0) is 4.79 Å². The summed E-state index contributed by atoms with van der Waals surface area (Å²) in [6.07, 6.45) is 2.57. The van der Waals surface area contributed by atoms with Gasteiger partial charge in [-0.2, -0.15) is 0 Å². The topological polar surface area (TPSA) is 83.6 Å². The Kier molecular flexibility index (Phi) is 3.74. The van der Waals surface area contributed by atoms with E-state index in [0.29, 0.717) is 18.7 Å². The van der Waals surface area contributed by atoms with Gasteiger partial charge in [-0.1, -0.05) is 11.6 Å². The second-order valence-corrected chi connectivity index (χ2v) is 4.93. The van der Waals surface area contributed by atoms with Crippen LogP contribution in [0.15, 0.2) is 18.2 Å². The van der Waals surface area contributed by atoms with Gasteiger partial charge in [0.05, 0.1) is 11.3 Å². The molecule has 0 bridgehead atoms. The summed E-state index contributed by atoms with van der Waals surface area (Å²) in [4.78, 5) is 24.7. The minimum atomic E-state index is -0.979. The first-order valence-corrected chi connectivity index (χ1v) is 6.40. The van der Waals surface area contributed by atoms with E-state index in [2.05, 4.69) is 0 Å².